The second-order valence-electron chi connectivity index (χ2n) is 6.89. The number of hydrogen-bond donors (Lipinski definition) is 0. The van der Waals surface area contributed by atoms with Gasteiger partial charge < -0.3 is 4.57 Å². The number of fused-ring (bicyclic) bond motifs is 1. The maximum atomic E-state index is 13.1. The third kappa shape index (κ3) is 3.72. The topological polar surface area (TPSA) is 61.8 Å². The van der Waals surface area contributed by atoms with Crippen LogP contribution in [0.3, 0.4) is 0 Å². The van der Waals surface area contributed by atoms with Gasteiger partial charge in [0.25, 0.3) is 5.56 Å². The first kappa shape index (κ1) is 19.5. The van der Waals surface area contributed by atoms with Crippen molar-refractivity contribution in [1.29, 1.82) is 0 Å². The van der Waals surface area contributed by atoms with Gasteiger partial charge in [-0.15, -0.1) is 0 Å². The number of rotatable bonds is 9. The molecule has 0 amide bonds. The highest BCUT2D eigenvalue weighted by Crippen LogP contribution is 2.19. The van der Waals surface area contributed by atoms with Crippen molar-refractivity contribution in [2.45, 2.75) is 78.2 Å². The average Bonchev–Trinajstić information content (AvgIpc) is 2.95. The molecule has 0 saturated carbocycles. The Bertz CT molecular complexity index is 829. The molecule has 0 fully saturated rings. The Balaban J connectivity index is 2.44. The molecule has 0 radical (unpaired) electrons. The third-order valence-electron chi connectivity index (χ3n) is 5.19. The van der Waals surface area contributed by atoms with Gasteiger partial charge in [0.15, 0.2) is 11.2 Å². The minimum Gasteiger partial charge on any atom is -0.325 e. The van der Waals surface area contributed by atoms with Crippen LogP contribution in [-0.4, -0.2) is 18.7 Å². The number of nitrogens with zero attached hydrogens (tertiary/aromatic N) is 4. The first-order valence-corrected chi connectivity index (χ1v) is 9.64. The van der Waals surface area contributed by atoms with Crippen LogP contribution < -0.4 is 11.2 Å². The molecule has 0 aliphatic rings. The molecule has 2 rings (SSSR count). The molecule has 2 aromatic heterocycles. The molecule has 1 atom stereocenters. The SMILES string of the molecule is CCCCCCCC(CC)n1c(=O)c2c(nc(CC)n2C)n(C)c1=O. The van der Waals surface area contributed by atoms with Crippen LogP contribution in [0.25, 0.3) is 11.2 Å². The van der Waals surface area contributed by atoms with Crippen molar-refractivity contribution in [2.75, 3.05) is 0 Å². The fourth-order valence-electron chi connectivity index (χ4n) is 3.59. The lowest BCUT2D eigenvalue weighted by molar-refractivity contribution is 0.398. The lowest BCUT2D eigenvalue weighted by Crippen LogP contribution is -2.41. The second kappa shape index (κ2) is 8.50. The molecule has 1 unspecified atom stereocenters. The smallest absolute Gasteiger partial charge is 0.325 e. The van der Waals surface area contributed by atoms with Crippen LogP contribution in [0, 0.1) is 0 Å². The van der Waals surface area contributed by atoms with Gasteiger partial charge in [0.2, 0.25) is 0 Å². The summed E-state index contributed by atoms with van der Waals surface area (Å²) in [5.74, 6) is 0.826. The molecule has 0 spiro atoms. The summed E-state index contributed by atoms with van der Waals surface area (Å²) in [7, 11) is 3.57. The van der Waals surface area contributed by atoms with Gasteiger partial charge in [-0.1, -0.05) is 52.9 Å². The van der Waals surface area contributed by atoms with Gasteiger partial charge in [-0.25, -0.2) is 9.78 Å². The molecule has 6 heteroatoms. The maximum absolute atomic E-state index is 13.1. The molecule has 0 bridgehead atoms. The van der Waals surface area contributed by atoms with Crippen molar-refractivity contribution in [3.05, 3.63) is 26.7 Å². The van der Waals surface area contributed by atoms with Crippen LogP contribution in [0.15, 0.2) is 9.59 Å². The summed E-state index contributed by atoms with van der Waals surface area (Å²) in [6.45, 7) is 6.25. The Labute approximate surface area is 149 Å². The fraction of sp³-hybridized carbons (Fsp3) is 0.737. The Morgan fingerprint density at radius 1 is 0.960 bits per heavy atom. The molecule has 0 aliphatic carbocycles. The Kier molecular flexibility index (Phi) is 6.62. The normalized spacial score (nSPS) is 12.8. The fourth-order valence-corrected chi connectivity index (χ4v) is 3.59. The monoisotopic (exact) mass is 348 g/mol. The van der Waals surface area contributed by atoms with Gasteiger partial charge >= 0.3 is 5.69 Å². The third-order valence-corrected chi connectivity index (χ3v) is 5.19. The zero-order valence-corrected chi connectivity index (χ0v) is 16.3. The average molecular weight is 348 g/mol. The molecular weight excluding hydrogens is 316 g/mol. The van der Waals surface area contributed by atoms with Crippen molar-refractivity contribution >= 4 is 11.2 Å². The van der Waals surface area contributed by atoms with E-state index in [1.54, 1.807) is 7.05 Å². The summed E-state index contributed by atoms with van der Waals surface area (Å²) in [4.78, 5) is 30.4. The summed E-state index contributed by atoms with van der Waals surface area (Å²) >= 11 is 0. The van der Waals surface area contributed by atoms with Gasteiger partial charge in [0.1, 0.15) is 5.82 Å². The van der Waals surface area contributed by atoms with E-state index in [1.165, 1.54) is 28.4 Å². The highest BCUT2D eigenvalue weighted by Gasteiger charge is 2.21. The summed E-state index contributed by atoms with van der Waals surface area (Å²) in [6, 6.07) is -0.0443. The number of imidazole rings is 1. The molecule has 0 N–H and O–H groups in total. The molecule has 0 aliphatic heterocycles. The van der Waals surface area contributed by atoms with E-state index in [0.717, 1.165) is 37.9 Å². The second-order valence-corrected chi connectivity index (χ2v) is 6.89. The van der Waals surface area contributed by atoms with Crippen molar-refractivity contribution < 1.29 is 0 Å². The van der Waals surface area contributed by atoms with E-state index >= 15 is 0 Å². The van der Waals surface area contributed by atoms with Crippen LogP contribution >= 0.6 is 0 Å². The molecule has 25 heavy (non-hydrogen) atoms. The quantitative estimate of drug-likeness (QED) is 0.653. The zero-order chi connectivity index (χ0) is 18.6. The highest BCUT2D eigenvalue weighted by atomic mass is 16.2. The zero-order valence-electron chi connectivity index (χ0n) is 16.3. The molecule has 2 heterocycles. The van der Waals surface area contributed by atoms with Gasteiger partial charge in [0, 0.05) is 26.6 Å². The van der Waals surface area contributed by atoms with Crippen molar-refractivity contribution in [1.82, 2.24) is 18.7 Å². The minimum absolute atomic E-state index is 0.0443. The van der Waals surface area contributed by atoms with E-state index in [-0.39, 0.29) is 17.3 Å². The van der Waals surface area contributed by atoms with Gasteiger partial charge in [-0.3, -0.25) is 13.9 Å². The summed E-state index contributed by atoms with van der Waals surface area (Å²) in [5, 5.41) is 0. The van der Waals surface area contributed by atoms with Crippen molar-refractivity contribution in [3.8, 4) is 0 Å². The van der Waals surface area contributed by atoms with E-state index in [9.17, 15) is 9.59 Å². The molecule has 0 saturated heterocycles. The van der Waals surface area contributed by atoms with Crippen LogP contribution in [-0.2, 0) is 20.5 Å². The largest absolute Gasteiger partial charge is 0.332 e. The van der Waals surface area contributed by atoms with E-state index in [1.807, 2.05) is 25.5 Å². The van der Waals surface area contributed by atoms with Crippen molar-refractivity contribution in [3.63, 3.8) is 0 Å². The number of hydrogen-bond acceptors (Lipinski definition) is 3. The molecule has 0 aromatic carbocycles. The van der Waals surface area contributed by atoms with Gasteiger partial charge in [0.05, 0.1) is 0 Å². The number of unbranched alkanes of at least 4 members (excludes halogenated alkanes) is 4. The van der Waals surface area contributed by atoms with Crippen LogP contribution in [0.2, 0.25) is 0 Å². The molecule has 2 aromatic rings. The number of aryl methyl sites for hydroxylation is 3. The highest BCUT2D eigenvalue weighted by molar-refractivity contribution is 5.70. The molecule has 140 valence electrons. The summed E-state index contributed by atoms with van der Waals surface area (Å²) < 4.78 is 4.82. The van der Waals surface area contributed by atoms with Gasteiger partial charge in [-0.05, 0) is 12.8 Å². The van der Waals surface area contributed by atoms with Crippen LogP contribution in [0.1, 0.15) is 77.6 Å². The lowest BCUT2D eigenvalue weighted by Gasteiger charge is -2.18. The molecular formula is C19H32N4O2. The predicted octanol–water partition coefficient (Wildman–Crippen LogP) is 3.31. The predicted molar refractivity (Wildman–Crippen MR) is 102 cm³/mol. The van der Waals surface area contributed by atoms with Crippen molar-refractivity contribution in [2.24, 2.45) is 14.1 Å². The first-order valence-electron chi connectivity index (χ1n) is 9.64. The maximum Gasteiger partial charge on any atom is 0.332 e. The van der Waals surface area contributed by atoms with E-state index in [4.69, 9.17) is 0 Å². The number of aromatic nitrogens is 4. The minimum atomic E-state index is -0.251. The molecule has 6 nitrogen and oxygen atoms in total. The first-order chi connectivity index (χ1) is 12.0. The van der Waals surface area contributed by atoms with Crippen LogP contribution in [0.5, 0.6) is 0 Å². The van der Waals surface area contributed by atoms with E-state index in [2.05, 4.69) is 11.9 Å². The van der Waals surface area contributed by atoms with E-state index in [0.29, 0.717) is 11.2 Å². The van der Waals surface area contributed by atoms with E-state index < -0.39 is 0 Å². The van der Waals surface area contributed by atoms with Gasteiger partial charge in [-0.2, -0.15) is 0 Å². The standard InChI is InChI=1S/C19H32N4O2/c1-6-9-10-11-12-13-14(7-2)23-18(24)16-17(22(5)19(23)25)20-15(8-3)21(16)4/h14H,6-13H2,1-5H3. The summed E-state index contributed by atoms with van der Waals surface area (Å²) in [6.07, 6.45) is 8.29. The lowest BCUT2D eigenvalue weighted by atomic mass is 10.0. The Hall–Kier alpha value is -1.85. The summed E-state index contributed by atoms with van der Waals surface area (Å²) in [5.41, 5.74) is 0.568. The van der Waals surface area contributed by atoms with Crippen LogP contribution in [0.4, 0.5) is 0 Å². The Morgan fingerprint density at radius 2 is 1.64 bits per heavy atom. The Morgan fingerprint density at radius 3 is 2.24 bits per heavy atom.